The third-order valence-corrected chi connectivity index (χ3v) is 8.46. The van der Waals surface area contributed by atoms with E-state index in [4.69, 9.17) is 4.74 Å². The second-order valence-electron chi connectivity index (χ2n) is 10.7. The van der Waals surface area contributed by atoms with Crippen LogP contribution in [0.15, 0.2) is 42.9 Å². The second kappa shape index (κ2) is 9.70. The summed E-state index contributed by atoms with van der Waals surface area (Å²) in [4.78, 5) is 14.0. The molecule has 9 heteroatoms. The molecule has 36 heavy (non-hydrogen) atoms. The third-order valence-electron chi connectivity index (χ3n) is 8.46. The highest BCUT2D eigenvalue weighted by Crippen LogP contribution is 2.40. The maximum atomic E-state index is 13.2. The van der Waals surface area contributed by atoms with Crippen molar-refractivity contribution in [2.75, 3.05) is 38.5 Å². The summed E-state index contributed by atoms with van der Waals surface area (Å²) in [6, 6.07) is 8.42. The van der Waals surface area contributed by atoms with Crippen molar-refractivity contribution < 1.29 is 14.2 Å². The van der Waals surface area contributed by atoms with Gasteiger partial charge in [0.05, 0.1) is 17.6 Å². The number of rotatable bonds is 6. The molecule has 5 heterocycles. The number of halogens is 1. The van der Waals surface area contributed by atoms with E-state index in [1.165, 1.54) is 37.8 Å². The molecule has 1 aromatic carbocycles. The van der Waals surface area contributed by atoms with E-state index < -0.39 is 6.10 Å². The summed E-state index contributed by atoms with van der Waals surface area (Å²) in [5.74, 6) is 0.475. The molecule has 1 spiro atoms. The summed E-state index contributed by atoms with van der Waals surface area (Å²) in [7, 11) is 2.20. The minimum Gasteiger partial charge on any atom is -0.390 e. The van der Waals surface area contributed by atoms with Gasteiger partial charge >= 0.3 is 0 Å². The summed E-state index contributed by atoms with van der Waals surface area (Å²) < 4.78 is 21.7. The molecule has 3 aliphatic rings. The van der Waals surface area contributed by atoms with E-state index in [-0.39, 0.29) is 23.7 Å². The molecule has 6 rings (SSSR count). The molecule has 8 nitrogen and oxygen atoms in total. The van der Waals surface area contributed by atoms with Gasteiger partial charge in [-0.1, -0.05) is 12.1 Å². The predicted octanol–water partition coefficient (Wildman–Crippen LogP) is 3.39. The average Bonchev–Trinajstić information content (AvgIpc) is 3.59. The molecule has 0 bridgehead atoms. The molecule has 3 fully saturated rings. The zero-order valence-electron chi connectivity index (χ0n) is 20.8. The van der Waals surface area contributed by atoms with Gasteiger partial charge in [0.15, 0.2) is 0 Å². The molecular weight excluding hydrogens is 459 g/mol. The number of aromatic nitrogens is 3. The number of fused-ring (bicyclic) bond motifs is 1. The monoisotopic (exact) mass is 494 g/mol. The Morgan fingerprint density at radius 3 is 2.72 bits per heavy atom. The molecule has 3 aromatic rings. The van der Waals surface area contributed by atoms with Crippen molar-refractivity contribution in [3.63, 3.8) is 0 Å². The lowest BCUT2D eigenvalue weighted by Gasteiger charge is -2.45. The Morgan fingerprint density at radius 1 is 1.11 bits per heavy atom. The lowest BCUT2D eigenvalue weighted by molar-refractivity contribution is -0.0517. The number of nitrogens with one attached hydrogen (secondary N) is 1. The number of nitrogens with zero attached hydrogens (tertiary/aromatic N) is 5. The second-order valence-corrected chi connectivity index (χ2v) is 10.7. The summed E-state index contributed by atoms with van der Waals surface area (Å²) >= 11 is 0. The Kier molecular flexibility index (Phi) is 6.41. The van der Waals surface area contributed by atoms with Crippen molar-refractivity contribution in [2.24, 2.45) is 0 Å². The van der Waals surface area contributed by atoms with Crippen LogP contribution in [0.3, 0.4) is 0 Å². The van der Waals surface area contributed by atoms with Gasteiger partial charge in [-0.05, 0) is 76.1 Å². The Balaban J connectivity index is 1.15. The molecule has 0 radical (unpaired) electrons. The summed E-state index contributed by atoms with van der Waals surface area (Å²) in [5, 5.41) is 15.2. The van der Waals surface area contributed by atoms with Gasteiger partial charge < -0.3 is 24.6 Å². The van der Waals surface area contributed by atoms with E-state index in [9.17, 15) is 9.50 Å². The van der Waals surface area contributed by atoms with Crippen LogP contribution in [0.2, 0.25) is 0 Å². The van der Waals surface area contributed by atoms with E-state index in [2.05, 4.69) is 32.1 Å². The minimum absolute atomic E-state index is 0.208. The van der Waals surface area contributed by atoms with Crippen LogP contribution in [0.4, 0.5) is 10.2 Å². The van der Waals surface area contributed by atoms with Crippen LogP contribution < -0.4 is 5.32 Å². The first-order valence-corrected chi connectivity index (χ1v) is 13.1. The predicted molar refractivity (Wildman–Crippen MR) is 136 cm³/mol. The molecule has 0 aliphatic carbocycles. The maximum Gasteiger partial charge on any atom is 0.147 e. The van der Waals surface area contributed by atoms with Crippen LogP contribution in [0.25, 0.3) is 11.0 Å². The Hall–Kier alpha value is -2.59. The fraction of sp³-hybridized carbons (Fsp3) is 0.556. The maximum absolute atomic E-state index is 13.2. The number of aliphatic hydroxyl groups is 1. The van der Waals surface area contributed by atoms with Crippen molar-refractivity contribution in [3.05, 3.63) is 54.2 Å². The van der Waals surface area contributed by atoms with Gasteiger partial charge in [0.2, 0.25) is 0 Å². The topological polar surface area (TPSA) is 78.7 Å². The normalized spacial score (nSPS) is 26.8. The van der Waals surface area contributed by atoms with Crippen LogP contribution in [0.5, 0.6) is 0 Å². The zero-order valence-corrected chi connectivity index (χ0v) is 20.8. The van der Waals surface area contributed by atoms with Crippen LogP contribution in [-0.4, -0.2) is 80.4 Å². The number of aliphatic hydroxyl groups excluding tert-OH is 1. The average molecular weight is 495 g/mol. The summed E-state index contributed by atoms with van der Waals surface area (Å²) in [6.45, 7) is 4.68. The fourth-order valence-electron chi connectivity index (χ4n) is 6.28. The number of hydrogen-bond donors (Lipinski definition) is 2. The standard InChI is InChI=1S/C27H35FN6O2/c1-32-13-9-27(10-14-32)8-2-11-33(27)17-23-22(35)15-24(36-23)34-12-7-21-25(30-18-31-26(21)34)29-16-19-3-5-20(28)6-4-19/h3-7,12,18,22-24,35H,2,8-11,13-17H2,1H3,(H,29,30,31)/t22-,23+,24+/m0/s1. The quantitative estimate of drug-likeness (QED) is 0.544. The number of benzene rings is 1. The Morgan fingerprint density at radius 2 is 1.92 bits per heavy atom. The van der Waals surface area contributed by atoms with Crippen molar-refractivity contribution in [3.8, 4) is 0 Å². The number of hydrogen-bond acceptors (Lipinski definition) is 7. The highest BCUT2D eigenvalue weighted by Gasteiger charge is 2.45. The molecule has 0 unspecified atom stereocenters. The lowest BCUT2D eigenvalue weighted by Crippen LogP contribution is -2.53. The van der Waals surface area contributed by atoms with E-state index in [0.29, 0.717) is 13.0 Å². The van der Waals surface area contributed by atoms with Crippen LogP contribution >= 0.6 is 0 Å². The number of piperidine rings is 1. The van der Waals surface area contributed by atoms with Crippen molar-refractivity contribution in [1.82, 2.24) is 24.3 Å². The highest BCUT2D eigenvalue weighted by molar-refractivity contribution is 5.87. The minimum atomic E-state index is -0.505. The highest BCUT2D eigenvalue weighted by atomic mass is 19.1. The molecule has 2 aromatic heterocycles. The first kappa shape index (κ1) is 23.8. The molecule has 192 valence electrons. The van der Waals surface area contributed by atoms with Gasteiger partial charge in [0.25, 0.3) is 0 Å². The fourth-order valence-corrected chi connectivity index (χ4v) is 6.28. The van der Waals surface area contributed by atoms with E-state index in [1.807, 2.05) is 16.8 Å². The van der Waals surface area contributed by atoms with Crippen LogP contribution in [0.1, 0.15) is 43.9 Å². The smallest absolute Gasteiger partial charge is 0.147 e. The molecule has 3 atom stereocenters. The lowest BCUT2D eigenvalue weighted by atomic mass is 9.85. The molecule has 0 saturated carbocycles. The molecular formula is C27H35FN6O2. The largest absolute Gasteiger partial charge is 0.390 e. The van der Waals surface area contributed by atoms with Crippen molar-refractivity contribution in [2.45, 2.75) is 62.6 Å². The Labute approximate surface area is 211 Å². The molecule has 2 N–H and O–H groups in total. The SMILES string of the molecule is CN1CCC2(CCCN2C[C@H]2O[C@@H](n3ccc4c(NCc5ccc(F)cc5)ncnc43)C[C@@H]2O)CC1. The van der Waals surface area contributed by atoms with Crippen molar-refractivity contribution in [1.29, 1.82) is 0 Å². The first-order valence-electron chi connectivity index (χ1n) is 13.1. The van der Waals surface area contributed by atoms with Gasteiger partial charge in [-0.2, -0.15) is 0 Å². The number of ether oxygens (including phenoxy) is 1. The number of anilines is 1. The molecule has 3 saturated heterocycles. The molecule has 3 aliphatic heterocycles. The first-order chi connectivity index (χ1) is 17.5. The van der Waals surface area contributed by atoms with Gasteiger partial charge in [-0.15, -0.1) is 0 Å². The third kappa shape index (κ3) is 4.49. The van der Waals surface area contributed by atoms with Crippen LogP contribution in [0, 0.1) is 5.82 Å². The van der Waals surface area contributed by atoms with Gasteiger partial charge in [0.1, 0.15) is 29.8 Å². The number of likely N-dealkylation sites (tertiary alicyclic amines) is 2. The summed E-state index contributed by atoms with van der Waals surface area (Å²) in [5.41, 5.74) is 2.01. The van der Waals surface area contributed by atoms with Gasteiger partial charge in [0, 0.05) is 31.2 Å². The molecule has 0 amide bonds. The Bertz CT molecular complexity index is 1190. The van der Waals surface area contributed by atoms with Crippen LogP contribution in [-0.2, 0) is 11.3 Å². The van der Waals surface area contributed by atoms with E-state index in [0.717, 1.165) is 48.6 Å². The van der Waals surface area contributed by atoms with Crippen molar-refractivity contribution >= 4 is 16.9 Å². The van der Waals surface area contributed by atoms with E-state index in [1.54, 1.807) is 18.5 Å². The zero-order chi connectivity index (χ0) is 24.7. The van der Waals surface area contributed by atoms with Gasteiger partial charge in [-0.25, -0.2) is 14.4 Å². The van der Waals surface area contributed by atoms with E-state index >= 15 is 0 Å². The van der Waals surface area contributed by atoms with Gasteiger partial charge in [-0.3, -0.25) is 4.90 Å². The summed E-state index contributed by atoms with van der Waals surface area (Å²) in [6.07, 6.45) is 7.95.